The zero-order valence-electron chi connectivity index (χ0n) is 19.0. The number of likely N-dealkylation sites (tertiary alicyclic amines) is 1. The van der Waals surface area contributed by atoms with Crippen LogP contribution in [0, 0.1) is 12.8 Å². The van der Waals surface area contributed by atoms with Crippen LogP contribution in [0.1, 0.15) is 18.4 Å². The Bertz CT molecular complexity index is 1030. The number of benzene rings is 2. The zero-order chi connectivity index (χ0) is 23.0. The van der Waals surface area contributed by atoms with Crippen molar-refractivity contribution in [2.75, 3.05) is 31.6 Å². The quantitative estimate of drug-likeness (QED) is 0.545. The molecule has 0 saturated carbocycles. The van der Waals surface area contributed by atoms with Crippen molar-refractivity contribution < 1.29 is 14.6 Å². The summed E-state index contributed by atoms with van der Waals surface area (Å²) in [5.74, 6) is 1.34. The number of aliphatic hydroxyl groups excluding tert-OH is 1. The number of carbonyl (C=O) groups excluding carboxylic acids is 1. The molecule has 1 saturated heterocycles. The first-order valence-electron chi connectivity index (χ1n) is 11.5. The van der Waals surface area contributed by atoms with Crippen molar-refractivity contribution in [1.29, 1.82) is 0 Å². The molecule has 1 aliphatic rings. The van der Waals surface area contributed by atoms with Crippen LogP contribution >= 0.6 is 0 Å². The van der Waals surface area contributed by atoms with E-state index in [4.69, 9.17) is 4.74 Å². The number of hydrogen-bond acceptors (Lipinski definition) is 5. The molecule has 1 aliphatic heterocycles. The third-order valence-electron chi connectivity index (χ3n) is 6.00. The number of aliphatic hydroxyl groups is 1. The van der Waals surface area contributed by atoms with Crippen molar-refractivity contribution in [2.24, 2.45) is 5.92 Å². The molecular weight excluding hydrogens is 414 g/mol. The fourth-order valence-corrected chi connectivity index (χ4v) is 4.13. The molecule has 2 aromatic carbocycles. The second kappa shape index (κ2) is 11.1. The number of pyridine rings is 1. The van der Waals surface area contributed by atoms with Crippen molar-refractivity contribution in [3.05, 3.63) is 78.5 Å². The summed E-state index contributed by atoms with van der Waals surface area (Å²) < 4.78 is 5.79. The number of aromatic nitrogens is 1. The average molecular weight is 446 g/mol. The van der Waals surface area contributed by atoms with Crippen LogP contribution in [-0.2, 0) is 4.79 Å². The average Bonchev–Trinajstić information content (AvgIpc) is 2.84. The summed E-state index contributed by atoms with van der Waals surface area (Å²) in [4.78, 5) is 18.9. The van der Waals surface area contributed by atoms with E-state index in [9.17, 15) is 9.90 Å². The molecule has 3 aromatic rings. The van der Waals surface area contributed by atoms with E-state index in [0.29, 0.717) is 12.4 Å². The topological polar surface area (TPSA) is 74.7 Å². The number of rotatable bonds is 8. The minimum atomic E-state index is -0.583. The molecule has 1 fully saturated rings. The summed E-state index contributed by atoms with van der Waals surface area (Å²) in [6, 6.07) is 21.9. The van der Waals surface area contributed by atoms with Gasteiger partial charge in [-0.1, -0.05) is 42.5 Å². The Balaban J connectivity index is 1.18. The third kappa shape index (κ3) is 6.63. The van der Waals surface area contributed by atoms with Crippen LogP contribution in [0.4, 0.5) is 5.82 Å². The van der Waals surface area contributed by atoms with E-state index in [1.165, 1.54) is 0 Å². The maximum Gasteiger partial charge on any atom is 0.228 e. The molecule has 1 aromatic heterocycles. The van der Waals surface area contributed by atoms with Gasteiger partial charge in [-0.05, 0) is 73.8 Å². The summed E-state index contributed by atoms with van der Waals surface area (Å²) in [5.41, 5.74) is 3.36. The molecule has 6 nitrogen and oxygen atoms in total. The largest absolute Gasteiger partial charge is 0.491 e. The Labute approximate surface area is 195 Å². The fourth-order valence-electron chi connectivity index (χ4n) is 4.13. The molecule has 0 radical (unpaired) electrons. The van der Waals surface area contributed by atoms with Crippen molar-refractivity contribution in [2.45, 2.75) is 25.9 Å². The number of β-amino-alcohol motifs (C(OH)–C–C–N with tert-alkyl or cyclic N) is 1. The van der Waals surface area contributed by atoms with Gasteiger partial charge < -0.3 is 20.1 Å². The van der Waals surface area contributed by atoms with Crippen LogP contribution in [0.5, 0.6) is 5.75 Å². The molecule has 0 aliphatic carbocycles. The number of hydrogen-bond donors (Lipinski definition) is 2. The molecule has 1 atom stereocenters. The summed E-state index contributed by atoms with van der Waals surface area (Å²) in [6.07, 6.45) is 2.66. The lowest BCUT2D eigenvalue weighted by atomic mass is 9.95. The summed E-state index contributed by atoms with van der Waals surface area (Å²) >= 11 is 0. The highest BCUT2D eigenvalue weighted by atomic mass is 16.5. The van der Waals surface area contributed by atoms with Gasteiger partial charge in [0.25, 0.3) is 0 Å². The smallest absolute Gasteiger partial charge is 0.228 e. The second-order valence-corrected chi connectivity index (χ2v) is 8.64. The van der Waals surface area contributed by atoms with E-state index in [-0.39, 0.29) is 18.4 Å². The van der Waals surface area contributed by atoms with Gasteiger partial charge in [-0.3, -0.25) is 4.79 Å². The van der Waals surface area contributed by atoms with Gasteiger partial charge in [0.15, 0.2) is 0 Å². The number of anilines is 1. The summed E-state index contributed by atoms with van der Waals surface area (Å²) in [7, 11) is 0. The maximum atomic E-state index is 12.5. The standard InChI is InChI=1S/C27H31N3O3/c1-20-11-14-28-26(17-20)29-27(32)23-12-15-30(16-13-23)18-24(31)19-33-25-9-7-22(8-10-25)21-5-3-2-4-6-21/h2-11,14,17,23-24,31H,12-13,15-16,18-19H2,1H3,(H,28,29,32)/t24-/m1/s1. The minimum Gasteiger partial charge on any atom is -0.491 e. The van der Waals surface area contributed by atoms with Crippen molar-refractivity contribution in [3.8, 4) is 16.9 Å². The molecule has 33 heavy (non-hydrogen) atoms. The molecule has 6 heteroatoms. The number of ether oxygens (including phenoxy) is 1. The van der Waals surface area contributed by atoms with Gasteiger partial charge in [0, 0.05) is 18.7 Å². The van der Waals surface area contributed by atoms with E-state index in [1.54, 1.807) is 6.20 Å². The van der Waals surface area contributed by atoms with Crippen LogP contribution in [0.15, 0.2) is 72.9 Å². The van der Waals surface area contributed by atoms with E-state index in [0.717, 1.165) is 48.4 Å². The van der Waals surface area contributed by atoms with Gasteiger partial charge >= 0.3 is 0 Å². The minimum absolute atomic E-state index is 0.0237. The molecule has 4 rings (SSSR count). The molecule has 2 N–H and O–H groups in total. The van der Waals surface area contributed by atoms with E-state index < -0.39 is 6.10 Å². The van der Waals surface area contributed by atoms with Crippen molar-refractivity contribution >= 4 is 11.7 Å². The summed E-state index contributed by atoms with van der Waals surface area (Å²) in [5, 5.41) is 13.4. The van der Waals surface area contributed by atoms with Gasteiger partial charge in [-0.15, -0.1) is 0 Å². The Hall–Kier alpha value is -3.22. The van der Waals surface area contributed by atoms with E-state index >= 15 is 0 Å². The van der Waals surface area contributed by atoms with Gasteiger partial charge in [0.1, 0.15) is 24.3 Å². The number of carbonyl (C=O) groups is 1. The van der Waals surface area contributed by atoms with Crippen LogP contribution < -0.4 is 10.1 Å². The lowest BCUT2D eigenvalue weighted by Crippen LogP contribution is -2.42. The van der Waals surface area contributed by atoms with Crippen molar-refractivity contribution in [1.82, 2.24) is 9.88 Å². The van der Waals surface area contributed by atoms with E-state index in [2.05, 4.69) is 27.3 Å². The molecular formula is C27H31N3O3. The Morgan fingerprint density at radius 1 is 1.09 bits per heavy atom. The van der Waals surface area contributed by atoms with Crippen LogP contribution in [-0.4, -0.2) is 53.2 Å². The third-order valence-corrected chi connectivity index (χ3v) is 6.00. The number of nitrogens with one attached hydrogen (secondary N) is 1. The highest BCUT2D eigenvalue weighted by molar-refractivity contribution is 5.91. The monoisotopic (exact) mass is 445 g/mol. The normalized spacial score (nSPS) is 15.7. The van der Waals surface area contributed by atoms with E-state index in [1.807, 2.05) is 61.5 Å². The SMILES string of the molecule is Cc1ccnc(NC(=O)C2CCN(C[C@@H](O)COc3ccc(-c4ccccc4)cc3)CC2)c1. The number of aryl methyl sites for hydroxylation is 1. The van der Waals surface area contributed by atoms with Crippen molar-refractivity contribution in [3.63, 3.8) is 0 Å². The molecule has 0 spiro atoms. The predicted molar refractivity (Wildman–Crippen MR) is 130 cm³/mol. The van der Waals surface area contributed by atoms with Crippen LogP contribution in [0.3, 0.4) is 0 Å². The highest BCUT2D eigenvalue weighted by Crippen LogP contribution is 2.23. The van der Waals surface area contributed by atoms with Crippen LogP contribution in [0.2, 0.25) is 0 Å². The Morgan fingerprint density at radius 2 is 1.79 bits per heavy atom. The molecule has 2 heterocycles. The Morgan fingerprint density at radius 3 is 2.48 bits per heavy atom. The molecule has 1 amide bonds. The summed E-state index contributed by atoms with van der Waals surface area (Å²) in [6.45, 7) is 4.31. The number of amides is 1. The molecule has 172 valence electrons. The molecule has 0 unspecified atom stereocenters. The Kier molecular flexibility index (Phi) is 7.70. The first kappa shape index (κ1) is 23.0. The lowest BCUT2D eigenvalue weighted by molar-refractivity contribution is -0.121. The first-order valence-corrected chi connectivity index (χ1v) is 11.5. The van der Waals surface area contributed by atoms with Gasteiger partial charge in [0.2, 0.25) is 5.91 Å². The number of piperidine rings is 1. The zero-order valence-corrected chi connectivity index (χ0v) is 19.0. The maximum absolute atomic E-state index is 12.5. The molecule has 0 bridgehead atoms. The first-order chi connectivity index (χ1) is 16.1. The highest BCUT2D eigenvalue weighted by Gasteiger charge is 2.26. The van der Waals surface area contributed by atoms with Crippen LogP contribution in [0.25, 0.3) is 11.1 Å². The van der Waals surface area contributed by atoms with Gasteiger partial charge in [-0.25, -0.2) is 4.98 Å². The second-order valence-electron chi connectivity index (χ2n) is 8.64. The van der Waals surface area contributed by atoms with Gasteiger partial charge in [-0.2, -0.15) is 0 Å². The predicted octanol–water partition coefficient (Wildman–Crippen LogP) is 4.15. The number of nitrogens with zero attached hydrogens (tertiary/aromatic N) is 2. The van der Waals surface area contributed by atoms with Gasteiger partial charge in [0.05, 0.1) is 0 Å². The lowest BCUT2D eigenvalue weighted by Gasteiger charge is -2.32. The fraction of sp³-hybridized carbons (Fsp3) is 0.333.